The molecule has 8 nitrogen and oxygen atoms in total. The standard InChI is InChI=1S/C25H31N3O5S/c1-25(2,19-13-11-18(12-14-19)16-28-17-23(29)26-24(28)30)27(3)34(31,32)22-10-6-9-21(15-22)33-20-7-4-5-8-20/h6,9-15,20H,4-5,7-8,16-17H2,1-3H3,(H,26,29,30). The summed E-state index contributed by atoms with van der Waals surface area (Å²) in [6.07, 6.45) is 4.43. The van der Waals surface area contributed by atoms with Crippen molar-refractivity contribution in [1.29, 1.82) is 0 Å². The number of hydrogen-bond donors (Lipinski definition) is 1. The smallest absolute Gasteiger partial charge is 0.324 e. The highest BCUT2D eigenvalue weighted by atomic mass is 32.2. The summed E-state index contributed by atoms with van der Waals surface area (Å²) in [6.45, 7) is 4.05. The second-order valence-corrected chi connectivity index (χ2v) is 11.4. The molecule has 34 heavy (non-hydrogen) atoms. The molecule has 0 bridgehead atoms. The van der Waals surface area contributed by atoms with E-state index >= 15 is 0 Å². The number of rotatable bonds is 8. The summed E-state index contributed by atoms with van der Waals surface area (Å²) in [5.74, 6) is 0.264. The summed E-state index contributed by atoms with van der Waals surface area (Å²) < 4.78 is 34.4. The van der Waals surface area contributed by atoms with Gasteiger partial charge in [-0.15, -0.1) is 0 Å². The Balaban J connectivity index is 1.50. The molecule has 2 aliphatic rings. The molecule has 0 aromatic heterocycles. The van der Waals surface area contributed by atoms with Crippen molar-refractivity contribution in [3.63, 3.8) is 0 Å². The molecule has 4 rings (SSSR count). The third kappa shape index (κ3) is 4.95. The van der Waals surface area contributed by atoms with Crippen LogP contribution in [0.2, 0.25) is 0 Å². The van der Waals surface area contributed by atoms with Crippen LogP contribution in [0, 0.1) is 0 Å². The number of ether oxygens (including phenoxy) is 1. The van der Waals surface area contributed by atoms with Gasteiger partial charge in [-0.3, -0.25) is 10.1 Å². The molecule has 0 unspecified atom stereocenters. The third-order valence-electron chi connectivity index (χ3n) is 6.76. The molecule has 1 saturated heterocycles. The van der Waals surface area contributed by atoms with Gasteiger partial charge in [-0.1, -0.05) is 30.3 Å². The van der Waals surface area contributed by atoms with Gasteiger partial charge in [0.1, 0.15) is 12.3 Å². The van der Waals surface area contributed by atoms with Gasteiger partial charge >= 0.3 is 6.03 Å². The van der Waals surface area contributed by atoms with Gasteiger partial charge in [-0.2, -0.15) is 4.31 Å². The number of carbonyl (C=O) groups is 2. The van der Waals surface area contributed by atoms with E-state index in [1.165, 1.54) is 9.21 Å². The first-order chi connectivity index (χ1) is 16.1. The van der Waals surface area contributed by atoms with Crippen molar-refractivity contribution in [3.8, 4) is 5.75 Å². The number of carbonyl (C=O) groups excluding carboxylic acids is 2. The van der Waals surface area contributed by atoms with Gasteiger partial charge in [-0.25, -0.2) is 13.2 Å². The van der Waals surface area contributed by atoms with E-state index in [0.717, 1.165) is 36.8 Å². The monoisotopic (exact) mass is 485 g/mol. The summed E-state index contributed by atoms with van der Waals surface area (Å²) in [7, 11) is -2.21. The highest BCUT2D eigenvalue weighted by Crippen LogP contribution is 2.33. The molecular weight excluding hydrogens is 454 g/mol. The Kier molecular flexibility index (Phi) is 6.69. The number of nitrogens with one attached hydrogen (secondary N) is 1. The largest absolute Gasteiger partial charge is 0.490 e. The van der Waals surface area contributed by atoms with Crippen molar-refractivity contribution in [2.45, 2.75) is 62.6 Å². The normalized spacial score (nSPS) is 17.5. The lowest BCUT2D eigenvalue weighted by Crippen LogP contribution is -2.42. The Morgan fingerprint density at radius 3 is 2.38 bits per heavy atom. The number of sulfonamides is 1. The molecule has 182 valence electrons. The predicted octanol–water partition coefficient (Wildman–Crippen LogP) is 3.62. The molecule has 0 spiro atoms. The Morgan fingerprint density at radius 2 is 1.76 bits per heavy atom. The van der Waals surface area contributed by atoms with Crippen LogP contribution in [0.15, 0.2) is 53.4 Å². The van der Waals surface area contributed by atoms with E-state index in [1.54, 1.807) is 31.3 Å². The fourth-order valence-corrected chi connectivity index (χ4v) is 5.93. The summed E-state index contributed by atoms with van der Waals surface area (Å²) in [5, 5.41) is 2.26. The average Bonchev–Trinajstić information content (AvgIpc) is 3.42. The van der Waals surface area contributed by atoms with Crippen molar-refractivity contribution >= 4 is 22.0 Å². The lowest BCUT2D eigenvalue weighted by Gasteiger charge is -2.35. The van der Waals surface area contributed by atoms with Gasteiger partial charge in [0.05, 0.1) is 16.5 Å². The molecule has 0 atom stereocenters. The molecule has 2 aromatic rings. The van der Waals surface area contributed by atoms with Crippen LogP contribution in [0.5, 0.6) is 5.75 Å². The first-order valence-electron chi connectivity index (χ1n) is 11.5. The molecule has 1 heterocycles. The van der Waals surface area contributed by atoms with Gasteiger partial charge < -0.3 is 9.64 Å². The van der Waals surface area contributed by atoms with Gasteiger partial charge in [0, 0.05) is 19.7 Å². The number of amides is 3. The van der Waals surface area contributed by atoms with Crippen LogP contribution in [0.25, 0.3) is 0 Å². The zero-order valence-electron chi connectivity index (χ0n) is 19.8. The van der Waals surface area contributed by atoms with Crippen LogP contribution in [0.3, 0.4) is 0 Å². The van der Waals surface area contributed by atoms with Crippen LogP contribution >= 0.6 is 0 Å². The first-order valence-corrected chi connectivity index (χ1v) is 13.0. The topological polar surface area (TPSA) is 96.0 Å². The molecular formula is C25H31N3O5S. The van der Waals surface area contributed by atoms with Gasteiger partial charge in [0.2, 0.25) is 15.9 Å². The Bertz CT molecular complexity index is 1170. The molecule has 1 aliphatic carbocycles. The van der Waals surface area contributed by atoms with E-state index in [0.29, 0.717) is 12.3 Å². The highest BCUT2D eigenvalue weighted by molar-refractivity contribution is 7.89. The number of nitrogens with zero attached hydrogens (tertiary/aromatic N) is 2. The molecule has 1 saturated carbocycles. The predicted molar refractivity (Wildman–Crippen MR) is 128 cm³/mol. The van der Waals surface area contributed by atoms with Crippen molar-refractivity contribution in [3.05, 3.63) is 59.7 Å². The van der Waals surface area contributed by atoms with E-state index in [1.807, 2.05) is 38.1 Å². The minimum Gasteiger partial charge on any atom is -0.490 e. The molecule has 0 radical (unpaired) electrons. The van der Waals surface area contributed by atoms with E-state index in [9.17, 15) is 18.0 Å². The molecule has 2 fully saturated rings. The Hall–Kier alpha value is -2.91. The fourth-order valence-electron chi connectivity index (χ4n) is 4.40. The lowest BCUT2D eigenvalue weighted by molar-refractivity contribution is -0.118. The van der Waals surface area contributed by atoms with E-state index in [4.69, 9.17) is 4.74 Å². The van der Waals surface area contributed by atoms with E-state index in [2.05, 4.69) is 5.32 Å². The zero-order valence-corrected chi connectivity index (χ0v) is 20.6. The van der Waals surface area contributed by atoms with Crippen LogP contribution in [0.1, 0.15) is 50.7 Å². The van der Waals surface area contributed by atoms with Gasteiger partial charge in [0.15, 0.2) is 0 Å². The fraction of sp³-hybridized carbons (Fsp3) is 0.440. The lowest BCUT2D eigenvalue weighted by atomic mass is 9.93. The van der Waals surface area contributed by atoms with Crippen LogP contribution in [-0.4, -0.2) is 49.3 Å². The second-order valence-electron chi connectivity index (χ2n) is 9.44. The van der Waals surface area contributed by atoms with E-state index in [-0.39, 0.29) is 23.5 Å². The molecule has 1 aliphatic heterocycles. The van der Waals surface area contributed by atoms with Crippen molar-refractivity contribution < 1.29 is 22.7 Å². The maximum Gasteiger partial charge on any atom is 0.324 e. The quantitative estimate of drug-likeness (QED) is 0.576. The SMILES string of the molecule is CN(C(C)(C)c1ccc(CN2CC(=O)NC2=O)cc1)S(=O)(=O)c1cccc(OC2CCCC2)c1. The summed E-state index contributed by atoms with van der Waals surface area (Å²) in [4.78, 5) is 24.8. The molecule has 9 heteroatoms. The minimum absolute atomic E-state index is 0.0383. The average molecular weight is 486 g/mol. The molecule has 2 aromatic carbocycles. The summed E-state index contributed by atoms with van der Waals surface area (Å²) >= 11 is 0. The van der Waals surface area contributed by atoms with Crippen molar-refractivity contribution in [2.24, 2.45) is 0 Å². The maximum absolute atomic E-state index is 13.5. The number of hydrogen-bond acceptors (Lipinski definition) is 5. The van der Waals surface area contributed by atoms with Crippen LogP contribution in [-0.2, 0) is 26.9 Å². The number of imide groups is 1. The molecule has 1 N–H and O–H groups in total. The molecule has 3 amide bonds. The maximum atomic E-state index is 13.5. The second kappa shape index (κ2) is 9.38. The Labute approximate surface area is 200 Å². The van der Waals surface area contributed by atoms with Crippen molar-refractivity contribution in [1.82, 2.24) is 14.5 Å². The van der Waals surface area contributed by atoms with Gasteiger partial charge in [-0.05, 0) is 62.8 Å². The van der Waals surface area contributed by atoms with Gasteiger partial charge in [0.25, 0.3) is 0 Å². The van der Waals surface area contributed by atoms with Crippen LogP contribution < -0.4 is 10.1 Å². The van der Waals surface area contributed by atoms with Crippen molar-refractivity contribution in [2.75, 3.05) is 13.6 Å². The first kappa shape index (κ1) is 24.2. The highest BCUT2D eigenvalue weighted by Gasteiger charge is 2.36. The number of benzene rings is 2. The summed E-state index contributed by atoms with van der Waals surface area (Å²) in [5.41, 5.74) is 0.829. The third-order valence-corrected chi connectivity index (χ3v) is 8.79. The van der Waals surface area contributed by atoms with Crippen LogP contribution in [0.4, 0.5) is 4.79 Å². The zero-order chi connectivity index (χ0) is 24.5. The van der Waals surface area contributed by atoms with E-state index < -0.39 is 21.6 Å². The minimum atomic E-state index is -3.79. The summed E-state index contributed by atoms with van der Waals surface area (Å²) in [6, 6.07) is 13.7. The Morgan fingerprint density at radius 1 is 1.09 bits per heavy atom. The number of urea groups is 1.